The van der Waals surface area contributed by atoms with Gasteiger partial charge in [0.15, 0.2) is 5.82 Å². The van der Waals surface area contributed by atoms with Crippen LogP contribution in [0.2, 0.25) is 0 Å². The van der Waals surface area contributed by atoms with Crippen LogP contribution in [0.3, 0.4) is 0 Å². The highest BCUT2D eigenvalue weighted by Gasteiger charge is 2.40. The predicted molar refractivity (Wildman–Crippen MR) is 104 cm³/mol. The zero-order valence-corrected chi connectivity index (χ0v) is 16.9. The van der Waals surface area contributed by atoms with Crippen molar-refractivity contribution in [2.24, 2.45) is 0 Å². The number of ether oxygens (including phenoxy) is 2. The summed E-state index contributed by atoms with van der Waals surface area (Å²) >= 11 is 0. The van der Waals surface area contributed by atoms with Crippen molar-refractivity contribution in [2.45, 2.75) is 44.9 Å². The third kappa shape index (κ3) is 4.70. The SMILES string of the molecule is CCOc1ccc(CC(=O)N2CCC(CCOC)(c3noc(C)n3)CC2)cc1. The zero-order chi connectivity index (χ0) is 20.0. The van der Waals surface area contributed by atoms with Gasteiger partial charge in [-0.15, -0.1) is 0 Å². The van der Waals surface area contributed by atoms with E-state index in [9.17, 15) is 4.79 Å². The molecule has 7 heteroatoms. The standard InChI is InChI=1S/C21H29N3O4/c1-4-27-18-7-5-17(6-8-18)15-19(25)24-12-9-21(10-13-24,11-14-26-3)20-22-16(2)28-23-20/h5-8H,4,9-15H2,1-3H3. The fourth-order valence-electron chi connectivity index (χ4n) is 3.74. The van der Waals surface area contributed by atoms with Crippen LogP contribution in [-0.4, -0.2) is 54.4 Å². The minimum absolute atomic E-state index is 0.147. The van der Waals surface area contributed by atoms with Gasteiger partial charge in [-0.05, 0) is 43.9 Å². The average Bonchev–Trinajstić information content (AvgIpc) is 3.15. The van der Waals surface area contributed by atoms with Crippen molar-refractivity contribution in [1.29, 1.82) is 0 Å². The number of carbonyl (C=O) groups excluding carboxylic acids is 1. The Kier molecular flexibility index (Phi) is 6.67. The molecule has 2 aromatic rings. The van der Waals surface area contributed by atoms with Gasteiger partial charge in [0.1, 0.15) is 5.75 Å². The van der Waals surface area contributed by atoms with E-state index in [1.54, 1.807) is 14.0 Å². The number of benzene rings is 1. The van der Waals surface area contributed by atoms with Crippen molar-refractivity contribution in [3.05, 3.63) is 41.5 Å². The second-order valence-electron chi connectivity index (χ2n) is 7.29. The predicted octanol–water partition coefficient (Wildman–Crippen LogP) is 2.92. The van der Waals surface area contributed by atoms with E-state index in [1.807, 2.05) is 36.1 Å². The maximum Gasteiger partial charge on any atom is 0.226 e. The van der Waals surface area contributed by atoms with E-state index in [2.05, 4.69) is 10.1 Å². The number of rotatable bonds is 8. The third-order valence-electron chi connectivity index (χ3n) is 5.45. The Morgan fingerprint density at radius 1 is 1.25 bits per heavy atom. The van der Waals surface area contributed by atoms with Gasteiger partial charge in [-0.3, -0.25) is 4.79 Å². The molecule has 0 spiro atoms. The fraction of sp³-hybridized carbons (Fsp3) is 0.571. The van der Waals surface area contributed by atoms with Crippen molar-refractivity contribution in [3.8, 4) is 5.75 Å². The van der Waals surface area contributed by atoms with Crippen LogP contribution in [0, 0.1) is 6.92 Å². The Morgan fingerprint density at radius 2 is 1.96 bits per heavy atom. The van der Waals surface area contributed by atoms with Crippen LogP contribution in [0.5, 0.6) is 5.75 Å². The maximum atomic E-state index is 12.8. The van der Waals surface area contributed by atoms with Gasteiger partial charge < -0.3 is 18.9 Å². The Morgan fingerprint density at radius 3 is 2.54 bits per heavy atom. The number of methoxy groups -OCH3 is 1. The number of aryl methyl sites for hydroxylation is 1. The first kappa shape index (κ1) is 20.3. The molecule has 1 fully saturated rings. The van der Waals surface area contributed by atoms with Crippen LogP contribution >= 0.6 is 0 Å². The molecule has 0 unspecified atom stereocenters. The molecule has 1 aliphatic rings. The normalized spacial score (nSPS) is 16.2. The summed E-state index contributed by atoms with van der Waals surface area (Å²) in [5, 5.41) is 4.17. The summed E-state index contributed by atoms with van der Waals surface area (Å²) in [5.74, 6) is 2.28. The molecular weight excluding hydrogens is 358 g/mol. The maximum absolute atomic E-state index is 12.8. The highest BCUT2D eigenvalue weighted by molar-refractivity contribution is 5.79. The lowest BCUT2D eigenvalue weighted by molar-refractivity contribution is -0.132. The molecule has 152 valence electrons. The fourth-order valence-corrected chi connectivity index (χ4v) is 3.74. The van der Waals surface area contributed by atoms with Gasteiger partial charge in [0.2, 0.25) is 11.8 Å². The van der Waals surface area contributed by atoms with Gasteiger partial charge in [0.05, 0.1) is 13.0 Å². The lowest BCUT2D eigenvalue weighted by Gasteiger charge is -2.39. The van der Waals surface area contributed by atoms with E-state index in [1.165, 1.54) is 0 Å². The highest BCUT2D eigenvalue weighted by atomic mass is 16.5. The van der Waals surface area contributed by atoms with E-state index in [-0.39, 0.29) is 11.3 Å². The first-order valence-electron chi connectivity index (χ1n) is 9.85. The van der Waals surface area contributed by atoms with Crippen molar-refractivity contribution in [3.63, 3.8) is 0 Å². The van der Waals surface area contributed by atoms with Gasteiger partial charge in [-0.1, -0.05) is 17.3 Å². The minimum Gasteiger partial charge on any atom is -0.494 e. The van der Waals surface area contributed by atoms with Crippen LogP contribution in [0.1, 0.15) is 43.5 Å². The van der Waals surface area contributed by atoms with Gasteiger partial charge in [-0.25, -0.2) is 0 Å². The van der Waals surface area contributed by atoms with Crippen LogP contribution in [0.15, 0.2) is 28.8 Å². The number of piperidine rings is 1. The number of hydrogen-bond acceptors (Lipinski definition) is 6. The number of hydrogen-bond donors (Lipinski definition) is 0. The molecule has 0 bridgehead atoms. The highest BCUT2D eigenvalue weighted by Crippen LogP contribution is 2.37. The Balaban J connectivity index is 1.61. The van der Waals surface area contributed by atoms with Gasteiger partial charge in [0.25, 0.3) is 0 Å². The molecule has 1 amide bonds. The first-order valence-corrected chi connectivity index (χ1v) is 9.85. The molecule has 1 aliphatic heterocycles. The van der Waals surface area contributed by atoms with Crippen molar-refractivity contribution < 1.29 is 18.8 Å². The van der Waals surface area contributed by atoms with E-state index in [0.717, 1.165) is 36.4 Å². The van der Waals surface area contributed by atoms with Crippen LogP contribution in [0.4, 0.5) is 0 Å². The van der Waals surface area contributed by atoms with Crippen molar-refractivity contribution >= 4 is 5.91 Å². The number of aromatic nitrogens is 2. The lowest BCUT2D eigenvalue weighted by atomic mass is 9.75. The van der Waals surface area contributed by atoms with E-state index in [4.69, 9.17) is 14.0 Å². The van der Waals surface area contributed by atoms with E-state index < -0.39 is 0 Å². The number of carbonyl (C=O) groups is 1. The number of nitrogens with zero attached hydrogens (tertiary/aromatic N) is 3. The molecule has 2 heterocycles. The van der Waals surface area contributed by atoms with Crippen LogP contribution < -0.4 is 4.74 Å². The second kappa shape index (κ2) is 9.19. The summed E-state index contributed by atoms with van der Waals surface area (Å²) in [7, 11) is 1.70. The molecule has 1 aromatic carbocycles. The Bertz CT molecular complexity index is 764. The Labute approximate surface area is 166 Å². The number of likely N-dealkylation sites (tertiary alicyclic amines) is 1. The molecular formula is C21H29N3O4. The molecule has 1 saturated heterocycles. The molecule has 0 saturated carbocycles. The summed E-state index contributed by atoms with van der Waals surface area (Å²) in [6, 6.07) is 7.74. The average molecular weight is 387 g/mol. The summed E-state index contributed by atoms with van der Waals surface area (Å²) in [4.78, 5) is 19.2. The topological polar surface area (TPSA) is 77.7 Å². The quantitative estimate of drug-likeness (QED) is 0.693. The molecule has 28 heavy (non-hydrogen) atoms. The van der Waals surface area contributed by atoms with E-state index in [0.29, 0.717) is 38.6 Å². The molecule has 1 aromatic heterocycles. The summed E-state index contributed by atoms with van der Waals surface area (Å²) < 4.78 is 16.0. The van der Waals surface area contributed by atoms with Crippen LogP contribution in [0.25, 0.3) is 0 Å². The second-order valence-corrected chi connectivity index (χ2v) is 7.29. The summed E-state index contributed by atoms with van der Waals surface area (Å²) in [6.45, 7) is 6.40. The summed E-state index contributed by atoms with van der Waals surface area (Å²) in [6.07, 6.45) is 2.84. The smallest absolute Gasteiger partial charge is 0.226 e. The molecule has 3 rings (SSSR count). The van der Waals surface area contributed by atoms with Crippen molar-refractivity contribution in [1.82, 2.24) is 15.0 Å². The van der Waals surface area contributed by atoms with Crippen LogP contribution in [-0.2, 0) is 21.4 Å². The molecule has 7 nitrogen and oxygen atoms in total. The Hall–Kier alpha value is -2.41. The largest absolute Gasteiger partial charge is 0.494 e. The summed E-state index contributed by atoms with van der Waals surface area (Å²) in [5.41, 5.74) is 0.808. The molecule has 0 N–H and O–H groups in total. The van der Waals surface area contributed by atoms with E-state index >= 15 is 0 Å². The molecule has 0 radical (unpaired) electrons. The monoisotopic (exact) mass is 387 g/mol. The molecule has 0 atom stereocenters. The number of amides is 1. The lowest BCUT2D eigenvalue weighted by Crippen LogP contribution is -2.46. The first-order chi connectivity index (χ1) is 13.6. The minimum atomic E-state index is -0.191. The van der Waals surface area contributed by atoms with Gasteiger partial charge in [0, 0.05) is 39.1 Å². The van der Waals surface area contributed by atoms with Crippen molar-refractivity contribution in [2.75, 3.05) is 33.4 Å². The molecule has 0 aliphatic carbocycles. The van der Waals surface area contributed by atoms with Gasteiger partial charge in [-0.2, -0.15) is 4.98 Å². The third-order valence-corrected chi connectivity index (χ3v) is 5.45. The van der Waals surface area contributed by atoms with Gasteiger partial charge >= 0.3 is 0 Å². The zero-order valence-electron chi connectivity index (χ0n) is 16.9.